The predicted molar refractivity (Wildman–Crippen MR) is 92.0 cm³/mol. The third kappa shape index (κ3) is 2.77. The maximum Gasteiger partial charge on any atom is 0.422 e. The zero-order chi connectivity index (χ0) is 19.3. The molecule has 7 heteroatoms. The van der Waals surface area contributed by atoms with Crippen molar-refractivity contribution in [3.05, 3.63) is 29.3 Å². The van der Waals surface area contributed by atoms with E-state index in [-0.39, 0.29) is 17.9 Å². The van der Waals surface area contributed by atoms with E-state index in [0.717, 1.165) is 4.90 Å². The van der Waals surface area contributed by atoms with Crippen LogP contribution in [0.15, 0.2) is 18.2 Å². The van der Waals surface area contributed by atoms with Gasteiger partial charge in [0.2, 0.25) is 0 Å². The van der Waals surface area contributed by atoms with Crippen LogP contribution < -0.4 is 4.90 Å². The molecule has 1 fully saturated rings. The van der Waals surface area contributed by atoms with Gasteiger partial charge in [-0.15, -0.1) is 0 Å². The van der Waals surface area contributed by atoms with Crippen LogP contribution in [-0.2, 0) is 24.5 Å². The summed E-state index contributed by atoms with van der Waals surface area (Å²) in [6, 6.07) is 4.77. The van der Waals surface area contributed by atoms with E-state index in [4.69, 9.17) is 9.47 Å². The molecule has 1 aromatic carbocycles. The van der Waals surface area contributed by atoms with E-state index in [1.807, 2.05) is 0 Å². The predicted octanol–water partition coefficient (Wildman–Crippen LogP) is 2.75. The van der Waals surface area contributed by atoms with Gasteiger partial charge in [0, 0.05) is 0 Å². The van der Waals surface area contributed by atoms with Crippen LogP contribution in [-0.4, -0.2) is 36.0 Å². The lowest BCUT2D eigenvalue weighted by molar-refractivity contribution is -0.146. The van der Waals surface area contributed by atoms with Gasteiger partial charge in [-0.3, -0.25) is 14.4 Å². The number of anilines is 1. The van der Waals surface area contributed by atoms with Gasteiger partial charge in [-0.25, -0.2) is 9.69 Å². The number of hydrogen-bond acceptors (Lipinski definition) is 6. The summed E-state index contributed by atoms with van der Waals surface area (Å²) in [6.45, 7) is 6.95. The number of ketones is 1. The van der Waals surface area contributed by atoms with Crippen LogP contribution in [0.5, 0.6) is 0 Å². The van der Waals surface area contributed by atoms with Gasteiger partial charge in [-0.1, -0.05) is 12.1 Å². The van der Waals surface area contributed by atoms with Crippen LogP contribution in [0.25, 0.3) is 0 Å². The maximum atomic E-state index is 12.6. The summed E-state index contributed by atoms with van der Waals surface area (Å²) >= 11 is 0. The average Bonchev–Trinajstić information content (AvgIpc) is 3.30. The van der Waals surface area contributed by atoms with E-state index in [2.05, 4.69) is 0 Å². The largest absolute Gasteiger partial charge is 0.465 e. The van der Waals surface area contributed by atoms with E-state index in [1.165, 1.54) is 6.07 Å². The first-order valence-corrected chi connectivity index (χ1v) is 8.55. The first kappa shape index (κ1) is 18.1. The van der Waals surface area contributed by atoms with E-state index >= 15 is 0 Å². The molecule has 0 radical (unpaired) electrons. The molecule has 3 rings (SSSR count). The number of carbonyl (C=O) groups is 4. The van der Waals surface area contributed by atoms with Crippen LogP contribution in [0.2, 0.25) is 0 Å². The summed E-state index contributed by atoms with van der Waals surface area (Å²) in [5.41, 5.74) is -1.04. The molecule has 2 aliphatic rings. The first-order valence-electron chi connectivity index (χ1n) is 8.55. The van der Waals surface area contributed by atoms with E-state index in [9.17, 15) is 19.2 Å². The van der Waals surface area contributed by atoms with Gasteiger partial charge < -0.3 is 9.47 Å². The van der Waals surface area contributed by atoms with Crippen molar-refractivity contribution in [3.63, 3.8) is 0 Å². The van der Waals surface area contributed by atoms with Crippen LogP contribution in [0.4, 0.5) is 10.5 Å². The molecule has 138 valence electrons. The Balaban J connectivity index is 2.06. The van der Waals surface area contributed by atoms with Crippen LogP contribution in [0.3, 0.4) is 0 Å². The molecule has 0 N–H and O–H groups in total. The first-order chi connectivity index (χ1) is 12.1. The molecule has 0 unspecified atom stereocenters. The number of imide groups is 1. The fourth-order valence-electron chi connectivity index (χ4n) is 3.15. The van der Waals surface area contributed by atoms with Crippen molar-refractivity contribution in [1.29, 1.82) is 0 Å². The summed E-state index contributed by atoms with van der Waals surface area (Å²) in [6.07, 6.45) is 0.166. The zero-order valence-corrected chi connectivity index (χ0v) is 15.3. The Hall–Kier alpha value is -2.70. The molecule has 1 saturated carbocycles. The van der Waals surface area contributed by atoms with E-state index < -0.39 is 34.8 Å². The minimum Gasteiger partial charge on any atom is -0.465 e. The molecule has 7 nitrogen and oxygen atoms in total. The lowest BCUT2D eigenvalue weighted by atomic mass is 9.89. The van der Waals surface area contributed by atoms with Crippen molar-refractivity contribution >= 4 is 29.4 Å². The Kier molecular flexibility index (Phi) is 4.13. The number of nitrogens with zero attached hydrogens (tertiary/aromatic N) is 1. The highest BCUT2D eigenvalue weighted by atomic mass is 16.6. The number of fused-ring (bicyclic) bond motifs is 1. The van der Waals surface area contributed by atoms with Crippen molar-refractivity contribution in [2.45, 2.75) is 51.6 Å². The molecule has 26 heavy (non-hydrogen) atoms. The van der Waals surface area contributed by atoms with Crippen molar-refractivity contribution in [2.24, 2.45) is 0 Å². The molecule has 1 heterocycles. The number of benzene rings is 1. The van der Waals surface area contributed by atoms with Gasteiger partial charge in [0.25, 0.3) is 5.78 Å². The Morgan fingerprint density at radius 2 is 1.85 bits per heavy atom. The van der Waals surface area contributed by atoms with Crippen molar-refractivity contribution in [3.8, 4) is 0 Å². The Morgan fingerprint density at radius 3 is 2.38 bits per heavy atom. The highest BCUT2D eigenvalue weighted by molar-refractivity contribution is 6.56. The second-order valence-corrected chi connectivity index (χ2v) is 7.45. The minimum atomic E-state index is -0.971. The Labute approximate surface area is 151 Å². The Bertz CT molecular complexity index is 816. The fraction of sp³-hybridized carbons (Fsp3) is 0.474. The lowest BCUT2D eigenvalue weighted by Crippen LogP contribution is -2.40. The summed E-state index contributed by atoms with van der Waals surface area (Å²) < 4.78 is 10.4. The molecule has 0 bridgehead atoms. The molecular formula is C19H21NO6. The molecule has 1 aliphatic heterocycles. The molecule has 1 aliphatic carbocycles. The average molecular weight is 359 g/mol. The third-order valence-corrected chi connectivity index (χ3v) is 4.42. The highest BCUT2D eigenvalue weighted by Gasteiger charge is 2.56. The SMILES string of the molecule is CCOC(=O)C1(c2cccc3c2C(=O)C(=O)N3C(=O)OC(C)(C)C)CC1. The second-order valence-electron chi connectivity index (χ2n) is 7.45. The number of hydrogen-bond donors (Lipinski definition) is 0. The number of Topliss-reactive ketones (excluding diaryl/α,β-unsaturated/α-hetero) is 1. The van der Waals surface area contributed by atoms with Crippen LogP contribution in [0, 0.1) is 0 Å². The topological polar surface area (TPSA) is 90.0 Å². The van der Waals surface area contributed by atoms with Gasteiger partial charge in [-0.2, -0.15) is 0 Å². The fourth-order valence-corrected chi connectivity index (χ4v) is 3.15. The molecule has 0 atom stereocenters. The van der Waals surface area contributed by atoms with Gasteiger partial charge in [0.1, 0.15) is 5.60 Å². The summed E-state index contributed by atoms with van der Waals surface area (Å²) in [5, 5.41) is 0. The van der Waals surface area contributed by atoms with Gasteiger partial charge in [-0.05, 0) is 52.2 Å². The summed E-state index contributed by atoms with van der Waals surface area (Å²) in [4.78, 5) is 50.6. The minimum absolute atomic E-state index is 0.0916. The van der Waals surface area contributed by atoms with Gasteiger partial charge in [0.05, 0.1) is 23.3 Å². The molecule has 2 amide bonds. The standard InChI is InChI=1S/C19H21NO6/c1-5-25-16(23)19(9-10-19)11-7-6-8-12-13(11)14(21)15(22)20(12)17(24)26-18(2,3)4/h6-8H,5,9-10H2,1-4H3. The van der Waals surface area contributed by atoms with Crippen LogP contribution in [0.1, 0.15) is 56.5 Å². The number of carbonyl (C=O) groups excluding carboxylic acids is 4. The quantitative estimate of drug-likeness (QED) is 0.609. The maximum absolute atomic E-state index is 12.6. The van der Waals surface area contributed by atoms with E-state index in [0.29, 0.717) is 18.4 Å². The molecular weight excluding hydrogens is 338 g/mol. The third-order valence-electron chi connectivity index (χ3n) is 4.42. The molecule has 0 spiro atoms. The van der Waals surface area contributed by atoms with Crippen molar-refractivity contribution < 1.29 is 28.7 Å². The number of ether oxygens (including phenoxy) is 2. The zero-order valence-electron chi connectivity index (χ0n) is 15.3. The number of amides is 2. The normalized spacial score (nSPS) is 17.8. The summed E-state index contributed by atoms with van der Waals surface area (Å²) in [7, 11) is 0. The smallest absolute Gasteiger partial charge is 0.422 e. The summed E-state index contributed by atoms with van der Waals surface area (Å²) in [5.74, 6) is -2.19. The van der Waals surface area contributed by atoms with Gasteiger partial charge in [0.15, 0.2) is 0 Å². The van der Waals surface area contributed by atoms with Crippen molar-refractivity contribution in [2.75, 3.05) is 11.5 Å². The van der Waals surface area contributed by atoms with Gasteiger partial charge >= 0.3 is 18.0 Å². The molecule has 1 aromatic rings. The monoisotopic (exact) mass is 359 g/mol. The number of esters is 1. The van der Waals surface area contributed by atoms with Crippen LogP contribution >= 0.6 is 0 Å². The number of rotatable bonds is 3. The lowest BCUT2D eigenvalue weighted by Gasteiger charge is -2.23. The molecule has 0 aromatic heterocycles. The van der Waals surface area contributed by atoms with Crippen molar-refractivity contribution in [1.82, 2.24) is 0 Å². The molecule has 0 saturated heterocycles. The van der Waals surface area contributed by atoms with E-state index in [1.54, 1.807) is 39.8 Å². The Morgan fingerprint density at radius 1 is 1.19 bits per heavy atom. The highest BCUT2D eigenvalue weighted by Crippen LogP contribution is 2.52. The second kappa shape index (κ2) is 5.93.